The van der Waals surface area contributed by atoms with Crippen molar-refractivity contribution in [2.24, 2.45) is 0 Å². The third-order valence-corrected chi connectivity index (χ3v) is 10.6. The van der Waals surface area contributed by atoms with Gasteiger partial charge in [0.1, 0.15) is 11.1 Å². The summed E-state index contributed by atoms with van der Waals surface area (Å²) >= 11 is 18.4. The fourth-order valence-corrected chi connectivity index (χ4v) is 7.55. The number of likely N-dealkylation sites (N-methyl/N-ethyl adjacent to an activating group) is 2. The first-order valence-corrected chi connectivity index (χ1v) is 20.6. The SMILES string of the molecule is CC(=O)O[C@H](C)C(=O)O.CC(=O)O[C@H](C)C(=O)OC(C)OC(=O)N(C)[C@]1(c2ccccc2Cl)CCCCC1=O.CC(Cl)OC(=O)N(C)[C@]1(c2ccccc2Cl)CCCCC1=O. The van der Waals surface area contributed by atoms with E-state index in [0.29, 0.717) is 46.9 Å². The molecule has 336 valence electrons. The summed E-state index contributed by atoms with van der Waals surface area (Å²) in [6.45, 7) is 7.88. The molecule has 2 saturated carbocycles. The highest BCUT2D eigenvalue weighted by Gasteiger charge is 2.50. The van der Waals surface area contributed by atoms with Gasteiger partial charge in [0.05, 0.1) is 0 Å². The molecule has 2 amide bonds. The highest BCUT2D eigenvalue weighted by Crippen LogP contribution is 2.44. The number of carboxylic acids is 1. The maximum atomic E-state index is 13.0. The molecule has 1 N–H and O–H groups in total. The number of aliphatic carboxylic acids is 1. The Morgan fingerprint density at radius 2 is 1.02 bits per heavy atom. The number of halogens is 3. The summed E-state index contributed by atoms with van der Waals surface area (Å²) in [5.41, 5.74) is -1.94. The smallest absolute Gasteiger partial charge is 0.413 e. The van der Waals surface area contributed by atoms with Crippen molar-refractivity contribution >= 4 is 82.4 Å². The Balaban J connectivity index is 0.000000360. The number of ketones is 2. The summed E-state index contributed by atoms with van der Waals surface area (Å²) in [7, 11) is 3.03. The lowest BCUT2D eigenvalue weighted by molar-refractivity contribution is -0.182. The summed E-state index contributed by atoms with van der Waals surface area (Å²) in [5.74, 6) is -3.36. The van der Waals surface area contributed by atoms with Gasteiger partial charge in [-0.15, -0.1) is 0 Å². The fourth-order valence-electron chi connectivity index (χ4n) is 6.89. The quantitative estimate of drug-likeness (QED) is 0.0982. The first-order valence-electron chi connectivity index (χ1n) is 19.4. The number of carboxylic acid groups (broad SMARTS) is 1. The van der Waals surface area contributed by atoms with E-state index in [0.717, 1.165) is 32.6 Å². The Labute approximate surface area is 370 Å². The number of carbonyl (C=O) groups excluding carboxylic acids is 7. The zero-order valence-electron chi connectivity index (χ0n) is 35.4. The Kier molecular flexibility index (Phi) is 20.5. The van der Waals surface area contributed by atoms with E-state index in [4.69, 9.17) is 58.9 Å². The van der Waals surface area contributed by atoms with Gasteiger partial charge in [-0.05, 0) is 71.4 Å². The van der Waals surface area contributed by atoms with E-state index >= 15 is 0 Å². The third kappa shape index (κ3) is 14.0. The number of hydrogen-bond donors (Lipinski definition) is 1. The average molecular weight is 916 g/mol. The van der Waals surface area contributed by atoms with Crippen LogP contribution in [0.15, 0.2) is 48.5 Å². The Bertz CT molecular complexity index is 1910. The minimum atomic E-state index is -1.26. The van der Waals surface area contributed by atoms with E-state index in [1.807, 2.05) is 6.07 Å². The molecule has 2 aliphatic carbocycles. The van der Waals surface area contributed by atoms with E-state index in [1.54, 1.807) is 56.4 Å². The van der Waals surface area contributed by atoms with Crippen molar-refractivity contribution in [3.05, 3.63) is 69.7 Å². The molecule has 2 aliphatic rings. The molecule has 0 saturated heterocycles. The van der Waals surface area contributed by atoms with Gasteiger partial charge in [-0.3, -0.25) is 29.0 Å². The molecule has 61 heavy (non-hydrogen) atoms. The summed E-state index contributed by atoms with van der Waals surface area (Å²) in [5, 5.41) is 9.00. The van der Waals surface area contributed by atoms with Crippen molar-refractivity contribution < 1.29 is 67.1 Å². The van der Waals surface area contributed by atoms with Crippen molar-refractivity contribution in [2.45, 2.75) is 128 Å². The second kappa shape index (κ2) is 23.9. The van der Waals surface area contributed by atoms with E-state index in [1.165, 1.54) is 44.5 Å². The monoisotopic (exact) mass is 914 g/mol. The lowest BCUT2D eigenvalue weighted by Crippen LogP contribution is -2.55. The first-order chi connectivity index (χ1) is 28.5. The van der Waals surface area contributed by atoms with Crippen LogP contribution in [0.4, 0.5) is 9.59 Å². The van der Waals surface area contributed by atoms with Crippen molar-refractivity contribution in [2.75, 3.05) is 14.1 Å². The lowest BCUT2D eigenvalue weighted by atomic mass is 9.74. The lowest BCUT2D eigenvalue weighted by Gasteiger charge is -2.43. The number of alkyl halides is 1. The van der Waals surface area contributed by atoms with Gasteiger partial charge in [-0.2, -0.15) is 0 Å². The van der Waals surface area contributed by atoms with Gasteiger partial charge in [-0.25, -0.2) is 19.2 Å². The van der Waals surface area contributed by atoms with Crippen LogP contribution in [-0.4, -0.2) is 101 Å². The molecule has 2 aromatic carbocycles. The minimum Gasteiger partial charge on any atom is -0.479 e. The minimum absolute atomic E-state index is 0.0199. The zero-order valence-corrected chi connectivity index (χ0v) is 37.6. The molecule has 0 spiro atoms. The third-order valence-electron chi connectivity index (χ3n) is 9.82. The van der Waals surface area contributed by atoms with Crippen molar-refractivity contribution in [3.63, 3.8) is 0 Å². The summed E-state index contributed by atoms with van der Waals surface area (Å²) in [6, 6.07) is 14.0. The number of carbonyl (C=O) groups is 8. The second-order valence-electron chi connectivity index (χ2n) is 14.2. The van der Waals surface area contributed by atoms with Crippen LogP contribution in [-0.2, 0) is 63.5 Å². The molecular formula is C42H53Cl3N2O14. The highest BCUT2D eigenvalue weighted by molar-refractivity contribution is 6.32. The van der Waals surface area contributed by atoms with Crippen molar-refractivity contribution in [1.29, 1.82) is 0 Å². The predicted molar refractivity (Wildman–Crippen MR) is 223 cm³/mol. The van der Waals surface area contributed by atoms with Gasteiger partial charge in [0.15, 0.2) is 29.3 Å². The fraction of sp³-hybridized carbons (Fsp3) is 0.524. The van der Waals surface area contributed by atoms with Gasteiger partial charge in [0.25, 0.3) is 0 Å². The number of esters is 3. The number of nitrogens with zero attached hydrogens (tertiary/aromatic N) is 2. The highest BCUT2D eigenvalue weighted by atomic mass is 35.5. The van der Waals surface area contributed by atoms with Crippen LogP contribution in [0.25, 0.3) is 0 Å². The molecule has 2 fully saturated rings. The zero-order chi connectivity index (χ0) is 46.2. The normalized spacial score (nSPS) is 20.2. The van der Waals surface area contributed by atoms with Crippen LogP contribution in [0.1, 0.15) is 104 Å². The molecule has 6 atom stereocenters. The maximum absolute atomic E-state index is 13.0. The molecule has 0 heterocycles. The van der Waals surface area contributed by atoms with Gasteiger partial charge >= 0.3 is 36.1 Å². The molecule has 0 aliphatic heterocycles. The van der Waals surface area contributed by atoms with E-state index < -0.39 is 71.2 Å². The first kappa shape index (κ1) is 52.2. The summed E-state index contributed by atoms with van der Waals surface area (Å²) in [4.78, 5) is 96.4. The molecule has 16 nitrogen and oxygen atoms in total. The van der Waals surface area contributed by atoms with Crippen molar-refractivity contribution in [3.8, 4) is 0 Å². The van der Waals surface area contributed by atoms with Crippen LogP contribution in [0.3, 0.4) is 0 Å². The van der Waals surface area contributed by atoms with E-state index in [-0.39, 0.29) is 11.6 Å². The van der Waals surface area contributed by atoms with Gasteiger partial charge in [0.2, 0.25) is 6.29 Å². The molecule has 0 aromatic heterocycles. The number of benzene rings is 2. The van der Waals surface area contributed by atoms with Crippen LogP contribution in [0, 0.1) is 0 Å². The average Bonchev–Trinajstić information content (AvgIpc) is 3.18. The largest absolute Gasteiger partial charge is 0.479 e. The van der Waals surface area contributed by atoms with E-state index in [2.05, 4.69) is 4.74 Å². The molecular weight excluding hydrogens is 863 g/mol. The van der Waals surface area contributed by atoms with Gasteiger partial charge in [0, 0.05) is 68.9 Å². The maximum Gasteiger partial charge on any atom is 0.413 e. The van der Waals surface area contributed by atoms with Crippen LogP contribution in [0.2, 0.25) is 10.0 Å². The molecule has 19 heteroatoms. The van der Waals surface area contributed by atoms with Gasteiger partial charge < -0.3 is 28.8 Å². The topological polar surface area (TPSA) is 209 Å². The molecule has 4 rings (SSSR count). The standard InChI is InChI=1S/C21H26ClNO7.C16H19Cl2NO3.C5H8O4/c1-13(28-14(2)24)19(26)29-15(3)30-20(27)23(4)21(12-8-7-11-18(21)25)16-9-5-6-10-17(16)22;1-11(17)22-15(21)19(2)16(10-6-5-9-14(16)20)12-7-3-4-8-13(12)18;1-3(5(7)8)9-4(2)6/h5-6,9-10,13,15H,7-8,11-12H2,1-4H3;3-4,7-8,11H,5-6,9-10H2,1-2H3;3H,1-2H3,(H,7,8)/t13-,15?,21+;11?,16-;3-/m101/s1. The molecule has 2 aromatic rings. The molecule has 2 unspecified atom stereocenters. The number of rotatable bonds is 11. The molecule has 0 bridgehead atoms. The van der Waals surface area contributed by atoms with Crippen LogP contribution in [0.5, 0.6) is 0 Å². The number of Topliss-reactive ketones (excluding diaryl/α,β-unsaturated/α-hetero) is 2. The predicted octanol–water partition coefficient (Wildman–Crippen LogP) is 7.94. The number of amides is 2. The Morgan fingerprint density at radius 1 is 0.623 bits per heavy atom. The van der Waals surface area contributed by atoms with Crippen LogP contribution < -0.4 is 0 Å². The van der Waals surface area contributed by atoms with Crippen LogP contribution >= 0.6 is 34.8 Å². The molecule has 0 radical (unpaired) electrons. The number of hydrogen-bond acceptors (Lipinski definition) is 13. The summed E-state index contributed by atoms with van der Waals surface area (Å²) < 4.78 is 24.3. The van der Waals surface area contributed by atoms with Crippen molar-refractivity contribution in [1.82, 2.24) is 9.80 Å². The summed E-state index contributed by atoms with van der Waals surface area (Å²) in [6.07, 6.45) is -0.128. The van der Waals surface area contributed by atoms with Gasteiger partial charge in [-0.1, -0.05) is 71.2 Å². The second-order valence-corrected chi connectivity index (χ2v) is 15.6. The van der Waals surface area contributed by atoms with E-state index in [9.17, 15) is 38.4 Å². The number of ether oxygens (including phenoxy) is 5. The Morgan fingerprint density at radius 3 is 1.36 bits per heavy atom. The Hall–Kier alpha value is -4.93.